The van der Waals surface area contributed by atoms with Crippen LogP contribution in [0.1, 0.15) is 31.2 Å². The number of rotatable bonds is 8. The number of alkyl halides is 1. The van der Waals surface area contributed by atoms with Gasteiger partial charge in [0.05, 0.1) is 25.3 Å². The number of ether oxygens (including phenoxy) is 2. The Hall–Kier alpha value is -1.40. The van der Waals surface area contributed by atoms with Crippen LogP contribution < -0.4 is 9.47 Å². The molecule has 0 amide bonds. The SMILES string of the molecule is COc1cc(C#N)cc(OCCCCCCCl)c1. The normalized spacial score (nSPS) is 9.83. The number of methoxy groups -OCH3 is 1. The molecule has 0 saturated heterocycles. The predicted molar refractivity (Wildman–Crippen MR) is 72.4 cm³/mol. The van der Waals surface area contributed by atoms with Crippen molar-refractivity contribution in [2.45, 2.75) is 25.7 Å². The first kappa shape index (κ1) is 14.7. The summed E-state index contributed by atoms with van der Waals surface area (Å²) in [6.07, 6.45) is 4.30. The van der Waals surface area contributed by atoms with Crippen LogP contribution in [-0.2, 0) is 0 Å². The fraction of sp³-hybridized carbons (Fsp3) is 0.500. The highest BCUT2D eigenvalue weighted by atomic mass is 35.5. The van der Waals surface area contributed by atoms with Gasteiger partial charge in [0.1, 0.15) is 11.5 Å². The van der Waals surface area contributed by atoms with Crippen molar-refractivity contribution in [3.8, 4) is 17.6 Å². The molecule has 0 aliphatic heterocycles. The van der Waals surface area contributed by atoms with Crippen LogP contribution >= 0.6 is 11.6 Å². The number of benzene rings is 1. The number of nitriles is 1. The number of halogens is 1. The summed E-state index contributed by atoms with van der Waals surface area (Å²) in [5.41, 5.74) is 0.548. The first-order valence-corrected chi connectivity index (χ1v) is 6.61. The summed E-state index contributed by atoms with van der Waals surface area (Å²) in [5.74, 6) is 2.05. The quantitative estimate of drug-likeness (QED) is 0.532. The monoisotopic (exact) mass is 267 g/mol. The van der Waals surface area contributed by atoms with Gasteiger partial charge >= 0.3 is 0 Å². The van der Waals surface area contributed by atoms with Gasteiger partial charge in [0.15, 0.2) is 0 Å². The topological polar surface area (TPSA) is 42.2 Å². The molecule has 0 aromatic heterocycles. The minimum atomic E-state index is 0.548. The lowest BCUT2D eigenvalue weighted by atomic mass is 10.2. The standard InChI is InChI=1S/C14H18ClNO2/c1-17-13-8-12(11-16)9-14(10-13)18-7-5-3-2-4-6-15/h8-10H,2-7H2,1H3. The van der Waals surface area contributed by atoms with Crippen molar-refractivity contribution in [1.82, 2.24) is 0 Å². The Morgan fingerprint density at radius 1 is 1.11 bits per heavy atom. The second-order valence-electron chi connectivity index (χ2n) is 3.96. The Morgan fingerprint density at radius 3 is 2.50 bits per heavy atom. The van der Waals surface area contributed by atoms with Crippen LogP contribution in [0.4, 0.5) is 0 Å². The van der Waals surface area contributed by atoms with Gasteiger partial charge < -0.3 is 9.47 Å². The molecule has 1 aromatic carbocycles. The van der Waals surface area contributed by atoms with E-state index in [0.29, 0.717) is 23.7 Å². The third-order valence-corrected chi connectivity index (χ3v) is 2.81. The Bertz CT molecular complexity index is 401. The van der Waals surface area contributed by atoms with E-state index in [1.807, 2.05) is 0 Å². The minimum absolute atomic E-state index is 0.548. The average Bonchev–Trinajstić information content (AvgIpc) is 2.42. The Kier molecular flexibility index (Phi) is 7.05. The van der Waals surface area contributed by atoms with Crippen LogP contribution in [0.3, 0.4) is 0 Å². The third-order valence-electron chi connectivity index (χ3n) is 2.54. The maximum Gasteiger partial charge on any atom is 0.124 e. The van der Waals surface area contributed by atoms with E-state index in [4.69, 9.17) is 26.3 Å². The molecule has 0 heterocycles. The van der Waals surface area contributed by atoms with Crippen molar-refractivity contribution >= 4 is 11.6 Å². The fourth-order valence-electron chi connectivity index (χ4n) is 1.58. The highest BCUT2D eigenvalue weighted by Gasteiger charge is 2.02. The van der Waals surface area contributed by atoms with E-state index < -0.39 is 0 Å². The van der Waals surface area contributed by atoms with Crippen LogP contribution in [0.25, 0.3) is 0 Å². The van der Waals surface area contributed by atoms with E-state index in [2.05, 4.69) is 6.07 Å². The molecular weight excluding hydrogens is 250 g/mol. The summed E-state index contributed by atoms with van der Waals surface area (Å²) in [5, 5.41) is 8.88. The van der Waals surface area contributed by atoms with Crippen molar-refractivity contribution < 1.29 is 9.47 Å². The summed E-state index contributed by atoms with van der Waals surface area (Å²) < 4.78 is 10.7. The Labute approximate surface area is 113 Å². The van der Waals surface area contributed by atoms with Gasteiger partial charge in [0.25, 0.3) is 0 Å². The number of unbranched alkanes of at least 4 members (excludes halogenated alkanes) is 3. The molecule has 0 saturated carbocycles. The van der Waals surface area contributed by atoms with E-state index in [1.54, 1.807) is 25.3 Å². The fourth-order valence-corrected chi connectivity index (χ4v) is 1.77. The predicted octanol–water partition coefficient (Wildman–Crippen LogP) is 3.74. The van der Waals surface area contributed by atoms with E-state index in [9.17, 15) is 0 Å². The van der Waals surface area contributed by atoms with Crippen LogP contribution in [0.5, 0.6) is 11.5 Å². The van der Waals surface area contributed by atoms with Crippen molar-refractivity contribution in [2.75, 3.05) is 19.6 Å². The molecule has 0 atom stereocenters. The van der Waals surface area contributed by atoms with Crippen LogP contribution in [0, 0.1) is 11.3 Å². The summed E-state index contributed by atoms with van der Waals surface area (Å²) in [4.78, 5) is 0. The smallest absolute Gasteiger partial charge is 0.124 e. The molecule has 0 radical (unpaired) electrons. The highest BCUT2D eigenvalue weighted by Crippen LogP contribution is 2.22. The van der Waals surface area contributed by atoms with Crippen molar-refractivity contribution in [3.63, 3.8) is 0 Å². The Balaban J connectivity index is 2.39. The molecule has 1 aromatic rings. The zero-order valence-electron chi connectivity index (χ0n) is 10.6. The molecule has 0 aliphatic carbocycles. The van der Waals surface area contributed by atoms with Gasteiger partial charge in [-0.15, -0.1) is 11.6 Å². The molecule has 0 spiro atoms. The summed E-state index contributed by atoms with van der Waals surface area (Å²) >= 11 is 5.60. The number of hydrogen-bond acceptors (Lipinski definition) is 3. The largest absolute Gasteiger partial charge is 0.497 e. The number of nitrogens with zero attached hydrogens (tertiary/aromatic N) is 1. The van der Waals surface area contributed by atoms with Gasteiger partial charge in [0.2, 0.25) is 0 Å². The average molecular weight is 268 g/mol. The van der Waals surface area contributed by atoms with E-state index in [-0.39, 0.29) is 0 Å². The van der Waals surface area contributed by atoms with Gasteiger partial charge in [0, 0.05) is 11.9 Å². The lowest BCUT2D eigenvalue weighted by molar-refractivity contribution is 0.302. The molecule has 3 nitrogen and oxygen atoms in total. The van der Waals surface area contributed by atoms with Gasteiger partial charge in [-0.05, 0) is 25.0 Å². The number of hydrogen-bond donors (Lipinski definition) is 0. The van der Waals surface area contributed by atoms with E-state index in [0.717, 1.165) is 31.6 Å². The summed E-state index contributed by atoms with van der Waals surface area (Å²) in [6.45, 7) is 0.653. The van der Waals surface area contributed by atoms with Gasteiger partial charge in [-0.2, -0.15) is 5.26 Å². The zero-order chi connectivity index (χ0) is 13.2. The molecular formula is C14H18ClNO2. The lowest BCUT2D eigenvalue weighted by Crippen LogP contribution is -1.98. The molecule has 0 N–H and O–H groups in total. The minimum Gasteiger partial charge on any atom is -0.497 e. The highest BCUT2D eigenvalue weighted by molar-refractivity contribution is 6.17. The summed E-state index contributed by atoms with van der Waals surface area (Å²) in [6, 6.07) is 7.29. The summed E-state index contributed by atoms with van der Waals surface area (Å²) in [7, 11) is 1.58. The Morgan fingerprint density at radius 2 is 1.83 bits per heavy atom. The second kappa shape index (κ2) is 8.66. The molecule has 0 aliphatic rings. The van der Waals surface area contributed by atoms with Gasteiger partial charge in [-0.3, -0.25) is 0 Å². The third kappa shape index (κ3) is 5.29. The van der Waals surface area contributed by atoms with Crippen LogP contribution in [0.2, 0.25) is 0 Å². The first-order valence-electron chi connectivity index (χ1n) is 6.08. The molecule has 0 unspecified atom stereocenters. The molecule has 0 bridgehead atoms. The van der Waals surface area contributed by atoms with Crippen molar-refractivity contribution in [2.24, 2.45) is 0 Å². The van der Waals surface area contributed by atoms with Crippen LogP contribution in [0.15, 0.2) is 18.2 Å². The van der Waals surface area contributed by atoms with Gasteiger partial charge in [-0.1, -0.05) is 12.8 Å². The van der Waals surface area contributed by atoms with E-state index in [1.165, 1.54) is 0 Å². The second-order valence-corrected chi connectivity index (χ2v) is 4.34. The zero-order valence-corrected chi connectivity index (χ0v) is 11.4. The van der Waals surface area contributed by atoms with Crippen molar-refractivity contribution in [1.29, 1.82) is 5.26 Å². The molecule has 98 valence electrons. The lowest BCUT2D eigenvalue weighted by Gasteiger charge is -2.08. The molecule has 0 fully saturated rings. The molecule has 1 rings (SSSR count). The maximum atomic E-state index is 8.88. The van der Waals surface area contributed by atoms with E-state index >= 15 is 0 Å². The van der Waals surface area contributed by atoms with Crippen LogP contribution in [-0.4, -0.2) is 19.6 Å². The molecule has 18 heavy (non-hydrogen) atoms. The van der Waals surface area contributed by atoms with Crippen molar-refractivity contribution in [3.05, 3.63) is 23.8 Å². The first-order chi connectivity index (χ1) is 8.80. The maximum absolute atomic E-state index is 8.88. The van der Waals surface area contributed by atoms with Gasteiger partial charge in [-0.25, -0.2) is 0 Å². The molecule has 4 heteroatoms.